The third-order valence-electron chi connectivity index (χ3n) is 11.6. The van der Waals surface area contributed by atoms with Gasteiger partial charge in [-0.05, 0) is 129 Å². The summed E-state index contributed by atoms with van der Waals surface area (Å²) in [5, 5.41) is 17.0. The van der Waals surface area contributed by atoms with Gasteiger partial charge in [-0.2, -0.15) is 5.26 Å². The van der Waals surface area contributed by atoms with Gasteiger partial charge in [0.25, 0.3) is 0 Å². The van der Waals surface area contributed by atoms with Crippen molar-refractivity contribution in [1.82, 2.24) is 4.40 Å². The Kier molecular flexibility index (Phi) is 7.31. The third-order valence-corrected chi connectivity index (χ3v) is 11.6. The minimum absolute atomic E-state index is 0.0898. The Balaban J connectivity index is 1.69. The van der Waals surface area contributed by atoms with Crippen LogP contribution in [0.2, 0.25) is 0 Å². The molecule has 2 aromatic heterocycles. The molecule has 252 valence electrons. The second-order valence-electron chi connectivity index (χ2n) is 15.7. The summed E-state index contributed by atoms with van der Waals surface area (Å²) in [6.07, 6.45) is 14.0. The number of hydrogen-bond acceptors (Lipinski definition) is 1. The fourth-order valence-corrected chi connectivity index (χ4v) is 9.10. The minimum Gasteiger partial charge on any atom is -0.308 e. The van der Waals surface area contributed by atoms with Crippen molar-refractivity contribution in [1.29, 1.82) is 5.26 Å². The molecule has 2 heterocycles. The molecule has 0 saturated carbocycles. The largest absolute Gasteiger partial charge is 0.308 e. The smallest absolute Gasteiger partial charge is 0.0998 e. The van der Waals surface area contributed by atoms with Crippen LogP contribution in [-0.2, 0) is 5.41 Å². The highest BCUT2D eigenvalue weighted by Crippen LogP contribution is 2.55. The molecule has 0 radical (unpaired) electrons. The highest BCUT2D eigenvalue weighted by molar-refractivity contribution is 6.36. The number of fused-ring (bicyclic) bond motifs is 7. The normalized spacial score (nSPS) is 16.6. The van der Waals surface area contributed by atoms with E-state index in [1.807, 2.05) is 6.08 Å². The summed E-state index contributed by atoms with van der Waals surface area (Å²) in [6.45, 7) is 16.0. The van der Waals surface area contributed by atoms with E-state index in [0.29, 0.717) is 0 Å². The molecule has 2 aliphatic carbocycles. The topological polar surface area (TPSA) is 28.2 Å². The van der Waals surface area contributed by atoms with Gasteiger partial charge in [0.2, 0.25) is 0 Å². The monoisotopic (exact) mass is 670 g/mol. The number of hydrogen-bond donors (Lipinski definition) is 0. The van der Waals surface area contributed by atoms with Crippen LogP contribution < -0.4 is 0 Å². The van der Waals surface area contributed by atoms with Crippen LogP contribution in [0.4, 0.5) is 0 Å². The van der Waals surface area contributed by atoms with Crippen molar-refractivity contribution in [2.24, 2.45) is 0 Å². The van der Waals surface area contributed by atoms with Crippen LogP contribution in [0.1, 0.15) is 93.3 Å². The maximum absolute atomic E-state index is 10.7. The number of aromatic nitrogens is 1. The molecular weight excluding hydrogens is 629 g/mol. The standard InChI is InChI=1S/C50H42N2/c1-7-40-45(36-25-17-19-30(36)2)47-43(33-22-14-10-15-23-33)39-28-35(50(4,5)6)27-38(32-20-12-9-13-21-32)44(39)48-46-41(52(40)49(47)48)26-34(29-51)37-24-16-8-11-18-31(3)42(37)46/h7,9-10,12-16,19-28,31H,1,8,11,18H2,2-6H3/b24-16+. The molecule has 0 spiro atoms. The van der Waals surface area contributed by atoms with Gasteiger partial charge in [0.05, 0.1) is 28.4 Å². The fraction of sp³-hybridized carbons (Fsp3) is 0.200. The van der Waals surface area contributed by atoms with Gasteiger partial charge >= 0.3 is 0 Å². The molecule has 0 bridgehead atoms. The summed E-state index contributed by atoms with van der Waals surface area (Å²) < 4.78 is 2.45. The lowest BCUT2D eigenvalue weighted by molar-refractivity contribution is 0.591. The fourth-order valence-electron chi connectivity index (χ4n) is 9.10. The Bertz CT molecular complexity index is 2800. The molecule has 0 fully saturated rings. The first-order chi connectivity index (χ1) is 25.2. The quantitative estimate of drug-likeness (QED) is 0.171. The van der Waals surface area contributed by atoms with Crippen LogP contribution in [-0.4, -0.2) is 4.40 Å². The van der Waals surface area contributed by atoms with Crippen molar-refractivity contribution in [3.05, 3.63) is 148 Å². The van der Waals surface area contributed by atoms with Gasteiger partial charge in [-0.1, -0.05) is 107 Å². The van der Waals surface area contributed by atoms with E-state index >= 15 is 0 Å². The molecule has 0 aliphatic heterocycles. The predicted molar refractivity (Wildman–Crippen MR) is 222 cm³/mol. The van der Waals surface area contributed by atoms with E-state index in [1.165, 1.54) is 82.5 Å². The zero-order chi connectivity index (χ0) is 35.9. The average Bonchev–Trinajstić information content (AvgIpc) is 3.82. The first-order valence-corrected chi connectivity index (χ1v) is 18.6. The Labute approximate surface area is 306 Å². The minimum atomic E-state index is -0.0898. The van der Waals surface area contributed by atoms with Crippen LogP contribution in [0, 0.1) is 11.3 Å². The van der Waals surface area contributed by atoms with Gasteiger partial charge < -0.3 is 4.40 Å². The van der Waals surface area contributed by atoms with Crippen LogP contribution in [0.5, 0.6) is 0 Å². The molecule has 1 atom stereocenters. The molecule has 0 N–H and O–H groups in total. The SMILES string of the molecule is C=Cc1c(C2=C(C)C=C=C2)c2c(-c3ccccc3)c3cc(C(C)(C)C)cc(-c4ccccc4)c3c3c4c5c(c(C#N)cc4n1c23)/C=C/CCCC5C. The molecule has 2 aliphatic rings. The lowest BCUT2D eigenvalue weighted by Gasteiger charge is -2.25. The molecule has 2 heteroatoms. The van der Waals surface area contributed by atoms with Crippen molar-refractivity contribution in [3.8, 4) is 28.3 Å². The van der Waals surface area contributed by atoms with E-state index < -0.39 is 0 Å². The Morgan fingerprint density at radius 1 is 0.885 bits per heavy atom. The molecule has 9 rings (SSSR count). The van der Waals surface area contributed by atoms with E-state index in [4.69, 9.17) is 0 Å². The van der Waals surface area contributed by atoms with Gasteiger partial charge in [0.15, 0.2) is 0 Å². The maximum atomic E-state index is 10.7. The molecule has 0 saturated heterocycles. The molecule has 0 amide bonds. The summed E-state index contributed by atoms with van der Waals surface area (Å²) >= 11 is 0. The van der Waals surface area contributed by atoms with Gasteiger partial charge in [-0.15, -0.1) is 5.73 Å². The lowest BCUT2D eigenvalue weighted by atomic mass is 9.78. The first kappa shape index (κ1) is 32.1. The van der Waals surface area contributed by atoms with E-state index in [0.717, 1.165) is 41.6 Å². The lowest BCUT2D eigenvalue weighted by Crippen LogP contribution is -2.11. The molecule has 5 aromatic carbocycles. The number of benzene rings is 5. The molecule has 7 aromatic rings. The Morgan fingerprint density at radius 2 is 1.62 bits per heavy atom. The maximum Gasteiger partial charge on any atom is 0.0998 e. The van der Waals surface area contributed by atoms with E-state index in [2.05, 4.69) is 161 Å². The van der Waals surface area contributed by atoms with E-state index in [-0.39, 0.29) is 11.3 Å². The Morgan fingerprint density at radius 3 is 2.27 bits per heavy atom. The number of nitriles is 1. The molecule has 1 unspecified atom stereocenters. The van der Waals surface area contributed by atoms with Crippen LogP contribution in [0.25, 0.3) is 77.9 Å². The average molecular weight is 671 g/mol. The number of allylic oxidation sites excluding steroid dienone is 4. The van der Waals surface area contributed by atoms with Crippen LogP contribution >= 0.6 is 0 Å². The summed E-state index contributed by atoms with van der Waals surface area (Å²) in [5.41, 5.74) is 19.4. The van der Waals surface area contributed by atoms with Crippen molar-refractivity contribution >= 4 is 55.7 Å². The van der Waals surface area contributed by atoms with Crippen LogP contribution in [0.3, 0.4) is 0 Å². The zero-order valence-electron chi connectivity index (χ0n) is 30.7. The second kappa shape index (κ2) is 11.8. The molecular formula is C50H42N2. The van der Waals surface area contributed by atoms with Crippen molar-refractivity contribution < 1.29 is 0 Å². The summed E-state index contributed by atoms with van der Waals surface area (Å²) in [5.74, 6) is 0.276. The van der Waals surface area contributed by atoms with E-state index in [1.54, 1.807) is 0 Å². The second-order valence-corrected chi connectivity index (χ2v) is 15.7. The molecule has 52 heavy (non-hydrogen) atoms. The third kappa shape index (κ3) is 4.56. The highest BCUT2D eigenvalue weighted by Gasteiger charge is 2.33. The van der Waals surface area contributed by atoms with Crippen molar-refractivity contribution in [2.75, 3.05) is 0 Å². The summed E-state index contributed by atoms with van der Waals surface area (Å²) in [6, 6.07) is 31.6. The summed E-state index contributed by atoms with van der Waals surface area (Å²) in [7, 11) is 0. The number of nitrogens with zero attached hydrogens (tertiary/aromatic N) is 2. The van der Waals surface area contributed by atoms with Crippen molar-refractivity contribution in [3.63, 3.8) is 0 Å². The highest BCUT2D eigenvalue weighted by atomic mass is 14.9. The van der Waals surface area contributed by atoms with E-state index in [9.17, 15) is 5.26 Å². The zero-order valence-corrected chi connectivity index (χ0v) is 30.7. The number of rotatable bonds is 4. The Hall–Kier alpha value is -5.87. The van der Waals surface area contributed by atoms with Gasteiger partial charge in [-0.25, -0.2) is 0 Å². The van der Waals surface area contributed by atoms with Gasteiger partial charge in [-0.3, -0.25) is 0 Å². The van der Waals surface area contributed by atoms with Gasteiger partial charge in [0, 0.05) is 27.1 Å². The van der Waals surface area contributed by atoms with Crippen LogP contribution in [0.15, 0.2) is 115 Å². The predicted octanol–water partition coefficient (Wildman–Crippen LogP) is 13.8. The molecule has 2 nitrogen and oxygen atoms in total. The van der Waals surface area contributed by atoms with Gasteiger partial charge in [0.1, 0.15) is 0 Å². The summed E-state index contributed by atoms with van der Waals surface area (Å²) in [4.78, 5) is 0. The first-order valence-electron chi connectivity index (χ1n) is 18.6. The van der Waals surface area contributed by atoms with Crippen molar-refractivity contribution in [2.45, 2.75) is 65.2 Å².